The van der Waals surface area contributed by atoms with Crippen LogP contribution in [0.25, 0.3) is 78.2 Å². The van der Waals surface area contributed by atoms with Gasteiger partial charge in [0.25, 0.3) is 0 Å². The molecule has 3 N–H and O–H groups in total. The summed E-state index contributed by atoms with van der Waals surface area (Å²) < 4.78 is 0. The molecule has 7 aromatic carbocycles. The van der Waals surface area contributed by atoms with Crippen molar-refractivity contribution in [1.82, 2.24) is 19.9 Å². The summed E-state index contributed by atoms with van der Waals surface area (Å²) in [6, 6.07) is 84.4. The first-order chi connectivity index (χ1) is 42.7. The van der Waals surface area contributed by atoms with E-state index in [1.165, 1.54) is 104 Å². The largest absolute Gasteiger partial charge is 0.512 e. The van der Waals surface area contributed by atoms with Crippen LogP contribution in [0.15, 0.2) is 266 Å². The maximum atomic E-state index is 10.0. The van der Waals surface area contributed by atoms with Gasteiger partial charge in [0.15, 0.2) is 17.3 Å². The zero-order valence-corrected chi connectivity index (χ0v) is 62.9. The second-order valence-corrected chi connectivity index (χ2v) is 20.5. The molecule has 10 nitrogen and oxygen atoms in total. The van der Waals surface area contributed by atoms with E-state index in [0.29, 0.717) is 0 Å². The number of carbonyl (C=O) groups is 3. The predicted octanol–water partition coefficient (Wildman–Crippen LogP) is 19.0. The molecule has 4 radical (unpaired) electrons. The maximum absolute atomic E-state index is 10.0. The summed E-state index contributed by atoms with van der Waals surface area (Å²) >= 11 is 0. The Bertz CT molecular complexity index is 3980. The molecule has 0 saturated carbocycles. The quantitative estimate of drug-likeness (QED) is 0.0720. The number of hydrogen-bond acceptors (Lipinski definition) is 10. The standard InChI is InChI=1S/2C18H14N.C17H14N.C11H8N.3C5H8O2.4Ir/c1-14-6-5-9-16(12-14)17-10-11-19-18(13-17)15-7-3-2-4-8-15;1-14-7-9-15(10-8-14)17-11-12-19-18(13-17)16-5-3-2-4-6-16;1-12-9-13(2)11-15(10-12)17-8-7-14-5-3-4-6-16(14)18-17;1-2-6-10(7-3-1)11-8-4-5-9-12-11;3*1-4(6)3-5(2)7;;;;/h2-7,9-13H,1H3;2-5,7-13H,1H3;3-10H,1-2H3;1-6,8-9H;3*3,6H,1-2H3;;;;/q4*-1;;;;;;;. The molecule has 0 fully saturated rings. The second kappa shape index (κ2) is 45.0. The first kappa shape index (κ1) is 82.6. The van der Waals surface area contributed by atoms with Crippen molar-refractivity contribution in [2.45, 2.75) is 69.2 Å². The van der Waals surface area contributed by atoms with Crippen LogP contribution in [0.4, 0.5) is 0 Å². The molecule has 11 rings (SSSR count). The summed E-state index contributed by atoms with van der Waals surface area (Å²) in [5.74, 6) is -0.187. The van der Waals surface area contributed by atoms with Gasteiger partial charge >= 0.3 is 0 Å². The summed E-state index contributed by atoms with van der Waals surface area (Å²) in [5.41, 5.74) is 18.8. The average Bonchev–Trinajstić information content (AvgIpc) is 0.962. The Kier molecular flexibility index (Phi) is 40.0. The molecule has 14 heteroatoms. The van der Waals surface area contributed by atoms with E-state index in [1.54, 1.807) is 6.20 Å². The number of aliphatic hydroxyl groups excluding tert-OH is 3. The molecule has 0 saturated heterocycles. The summed E-state index contributed by atoms with van der Waals surface area (Å²) in [7, 11) is 0. The van der Waals surface area contributed by atoms with Gasteiger partial charge in [0.2, 0.25) is 0 Å². The molecule has 4 heterocycles. The van der Waals surface area contributed by atoms with Crippen molar-refractivity contribution < 1.29 is 110 Å². The minimum Gasteiger partial charge on any atom is -0.512 e. The molecule has 0 bridgehead atoms. The van der Waals surface area contributed by atoms with Gasteiger partial charge in [0.1, 0.15) is 0 Å². The molecular weight excluding hydrogens is 1870 g/mol. The first-order valence-electron chi connectivity index (χ1n) is 28.6. The van der Waals surface area contributed by atoms with E-state index in [2.05, 4.69) is 158 Å². The van der Waals surface area contributed by atoms with Crippen molar-refractivity contribution in [1.29, 1.82) is 0 Å². The second-order valence-electron chi connectivity index (χ2n) is 20.5. The topological polar surface area (TPSA) is 163 Å². The van der Waals surface area contributed by atoms with Crippen LogP contribution in [-0.4, -0.2) is 52.6 Å². The maximum Gasteiger partial charge on any atom is 0.155 e. The van der Waals surface area contributed by atoms with Gasteiger partial charge in [-0.05, 0) is 130 Å². The van der Waals surface area contributed by atoms with E-state index in [1.807, 2.05) is 134 Å². The van der Waals surface area contributed by atoms with E-state index in [-0.39, 0.29) is 115 Å². The zero-order chi connectivity index (χ0) is 64.5. The van der Waals surface area contributed by atoms with Crippen molar-refractivity contribution in [3.63, 3.8) is 0 Å². The average molecular weight is 1940 g/mol. The minimum absolute atomic E-state index is 0. The third-order valence-electron chi connectivity index (χ3n) is 12.1. The molecule has 486 valence electrons. The molecule has 0 atom stereocenters. The van der Waals surface area contributed by atoms with Crippen LogP contribution in [0.1, 0.15) is 63.8 Å². The number of pyridine rings is 4. The fourth-order valence-corrected chi connectivity index (χ4v) is 8.40. The smallest absolute Gasteiger partial charge is 0.155 e. The molecule has 11 aromatic rings. The van der Waals surface area contributed by atoms with Crippen LogP contribution in [0, 0.1) is 52.0 Å². The fraction of sp³-hybridized carbons (Fsp3) is 0.127. The molecule has 0 aliphatic heterocycles. The van der Waals surface area contributed by atoms with Crippen molar-refractivity contribution in [2.75, 3.05) is 0 Å². The molecular formula is C79H74Ir4N4O6-4. The number of rotatable bonds is 9. The minimum atomic E-state index is -0.125. The first-order valence-corrected chi connectivity index (χ1v) is 28.6. The number of aliphatic hydroxyl groups is 3. The van der Waals surface area contributed by atoms with Gasteiger partial charge in [-0.15, -0.1) is 143 Å². The van der Waals surface area contributed by atoms with Gasteiger partial charge in [-0.2, -0.15) is 0 Å². The van der Waals surface area contributed by atoms with E-state index in [4.69, 9.17) is 20.3 Å². The van der Waals surface area contributed by atoms with Gasteiger partial charge in [0.05, 0.1) is 22.8 Å². The molecule has 0 amide bonds. The SMILES string of the molecule is CC(=O)C=C(C)O.CC(=O)C=C(C)O.CC(=O)C=C(C)O.Cc1[c-]c(-c2ccc3ccccc3n2)cc(C)c1.Cc1ccc(-c2ccnc(-c3[c-]cccc3)c2)cc1.Cc1cccc(-c2ccnc(-c3[c-]cccc3)c2)c1.[Ir].[Ir].[Ir].[Ir].[c-]1ccccc1-c1ccccn1. The molecule has 0 aliphatic carbocycles. The summed E-state index contributed by atoms with van der Waals surface area (Å²) in [5, 5.41) is 26.3. The third kappa shape index (κ3) is 32.2. The third-order valence-corrected chi connectivity index (χ3v) is 12.1. The Morgan fingerprint density at radius 2 is 0.806 bits per heavy atom. The van der Waals surface area contributed by atoms with Crippen LogP contribution in [0.5, 0.6) is 0 Å². The van der Waals surface area contributed by atoms with E-state index < -0.39 is 0 Å². The van der Waals surface area contributed by atoms with Gasteiger partial charge in [0, 0.05) is 117 Å². The number of aromatic nitrogens is 4. The van der Waals surface area contributed by atoms with Crippen molar-refractivity contribution in [3.8, 4) is 67.3 Å². The number of allylic oxidation sites excluding steroid dienone is 6. The molecule has 0 spiro atoms. The monoisotopic (exact) mass is 1950 g/mol. The van der Waals surface area contributed by atoms with Gasteiger partial charge in [-0.25, -0.2) is 0 Å². The van der Waals surface area contributed by atoms with Gasteiger partial charge in [-0.3, -0.25) is 19.4 Å². The Morgan fingerprint density at radius 1 is 0.355 bits per heavy atom. The van der Waals surface area contributed by atoms with Crippen LogP contribution < -0.4 is 0 Å². The summed E-state index contributed by atoms with van der Waals surface area (Å²) in [6.45, 7) is 16.9. The van der Waals surface area contributed by atoms with Crippen molar-refractivity contribution >= 4 is 28.3 Å². The normalized spacial score (nSPS) is 10.2. The Balaban J connectivity index is 0.000000560. The molecule has 0 aliphatic rings. The number of hydrogen-bond donors (Lipinski definition) is 3. The number of aryl methyl sites for hydroxylation is 4. The zero-order valence-electron chi connectivity index (χ0n) is 53.4. The van der Waals surface area contributed by atoms with Crippen LogP contribution in [0.2, 0.25) is 0 Å². The summed E-state index contributed by atoms with van der Waals surface area (Å²) in [4.78, 5) is 47.8. The van der Waals surface area contributed by atoms with Gasteiger partial charge < -0.3 is 30.3 Å². The van der Waals surface area contributed by atoms with Crippen LogP contribution in [0.3, 0.4) is 0 Å². The molecule has 0 unspecified atom stereocenters. The Hall–Kier alpha value is -8.37. The van der Waals surface area contributed by atoms with Crippen molar-refractivity contribution in [2.24, 2.45) is 0 Å². The Labute approximate surface area is 602 Å². The number of ketones is 3. The Morgan fingerprint density at radius 3 is 1.24 bits per heavy atom. The number of carbonyl (C=O) groups excluding carboxylic acids is 3. The van der Waals surface area contributed by atoms with E-state index in [9.17, 15) is 14.4 Å². The number of nitrogens with zero attached hydrogens (tertiary/aromatic N) is 4. The van der Waals surface area contributed by atoms with Crippen LogP contribution >= 0.6 is 0 Å². The fourth-order valence-electron chi connectivity index (χ4n) is 8.40. The van der Waals surface area contributed by atoms with E-state index >= 15 is 0 Å². The van der Waals surface area contributed by atoms with Crippen LogP contribution in [-0.2, 0) is 94.8 Å². The van der Waals surface area contributed by atoms with Gasteiger partial charge in [-0.1, -0.05) is 128 Å². The molecule has 93 heavy (non-hydrogen) atoms. The number of fused-ring (bicyclic) bond motifs is 1. The molecule has 4 aromatic heterocycles. The number of para-hydroxylation sites is 1. The predicted molar refractivity (Wildman–Crippen MR) is 363 cm³/mol. The number of benzene rings is 7. The van der Waals surface area contributed by atoms with E-state index in [0.717, 1.165) is 56.1 Å². The van der Waals surface area contributed by atoms with Crippen molar-refractivity contribution in [3.05, 3.63) is 313 Å². The summed E-state index contributed by atoms with van der Waals surface area (Å²) in [6.07, 6.45) is 9.00.